The van der Waals surface area contributed by atoms with Crippen LogP contribution in [0.5, 0.6) is 11.5 Å². The van der Waals surface area contributed by atoms with Gasteiger partial charge in [0.25, 0.3) is 0 Å². The standard InChI is InChI=1S/C16H23NO3/c1-16(2,3)15(18)17-13-6-5-9-20-14-10-11(19-4)7-8-12(13)14/h7-8,10,13H,5-6,9H2,1-4H3,(H,17,18). The number of nitrogens with one attached hydrogen (secondary N) is 1. The highest BCUT2D eigenvalue weighted by Gasteiger charge is 2.27. The Hall–Kier alpha value is -1.71. The van der Waals surface area contributed by atoms with E-state index in [1.54, 1.807) is 7.11 Å². The number of carbonyl (C=O) groups excluding carboxylic acids is 1. The second-order valence-corrected chi connectivity index (χ2v) is 6.17. The first-order valence-corrected chi connectivity index (χ1v) is 7.03. The van der Waals surface area contributed by atoms with Crippen LogP contribution in [0.1, 0.15) is 45.2 Å². The third kappa shape index (κ3) is 3.24. The zero-order chi connectivity index (χ0) is 14.8. The van der Waals surface area contributed by atoms with Crippen molar-refractivity contribution in [3.8, 4) is 11.5 Å². The summed E-state index contributed by atoms with van der Waals surface area (Å²) in [7, 11) is 1.64. The summed E-state index contributed by atoms with van der Waals surface area (Å²) in [5.41, 5.74) is 0.640. The van der Waals surface area contributed by atoms with Gasteiger partial charge in [-0.3, -0.25) is 4.79 Å². The number of methoxy groups -OCH3 is 1. The molecule has 110 valence electrons. The Morgan fingerprint density at radius 1 is 1.40 bits per heavy atom. The van der Waals surface area contributed by atoms with E-state index in [-0.39, 0.29) is 17.4 Å². The molecular weight excluding hydrogens is 254 g/mol. The van der Waals surface area contributed by atoms with E-state index < -0.39 is 0 Å². The van der Waals surface area contributed by atoms with Crippen LogP contribution in [0.2, 0.25) is 0 Å². The topological polar surface area (TPSA) is 47.6 Å². The van der Waals surface area contributed by atoms with E-state index in [4.69, 9.17) is 9.47 Å². The highest BCUT2D eigenvalue weighted by atomic mass is 16.5. The van der Waals surface area contributed by atoms with Crippen LogP contribution in [0, 0.1) is 5.41 Å². The molecule has 1 aromatic carbocycles. The Bertz CT molecular complexity index is 491. The molecule has 1 N–H and O–H groups in total. The van der Waals surface area contributed by atoms with Gasteiger partial charge >= 0.3 is 0 Å². The summed E-state index contributed by atoms with van der Waals surface area (Å²) in [6.45, 7) is 6.43. The average molecular weight is 277 g/mol. The summed E-state index contributed by atoms with van der Waals surface area (Å²) in [5.74, 6) is 1.64. The van der Waals surface area contributed by atoms with Gasteiger partial charge in [0, 0.05) is 17.0 Å². The normalized spacial score (nSPS) is 18.5. The minimum absolute atomic E-state index is 0.00475. The first-order valence-electron chi connectivity index (χ1n) is 7.03. The second kappa shape index (κ2) is 5.73. The van der Waals surface area contributed by atoms with E-state index >= 15 is 0 Å². The van der Waals surface area contributed by atoms with Gasteiger partial charge in [0.1, 0.15) is 11.5 Å². The monoisotopic (exact) mass is 277 g/mol. The zero-order valence-corrected chi connectivity index (χ0v) is 12.7. The molecule has 2 rings (SSSR count). The largest absolute Gasteiger partial charge is 0.497 e. The summed E-state index contributed by atoms with van der Waals surface area (Å²) >= 11 is 0. The van der Waals surface area contributed by atoms with Crippen molar-refractivity contribution >= 4 is 5.91 Å². The van der Waals surface area contributed by atoms with Gasteiger partial charge in [0.2, 0.25) is 5.91 Å². The number of hydrogen-bond donors (Lipinski definition) is 1. The molecule has 0 aromatic heterocycles. The summed E-state index contributed by atoms with van der Waals surface area (Å²) in [4.78, 5) is 12.2. The van der Waals surface area contributed by atoms with Crippen molar-refractivity contribution in [2.45, 2.75) is 39.7 Å². The number of ether oxygens (including phenoxy) is 2. The quantitative estimate of drug-likeness (QED) is 0.903. The number of rotatable bonds is 2. The van der Waals surface area contributed by atoms with E-state index in [0.29, 0.717) is 6.61 Å². The van der Waals surface area contributed by atoms with Gasteiger partial charge < -0.3 is 14.8 Å². The first kappa shape index (κ1) is 14.7. The molecule has 1 aromatic rings. The summed E-state index contributed by atoms with van der Waals surface area (Å²) < 4.78 is 11.0. The van der Waals surface area contributed by atoms with Gasteiger partial charge in [0.15, 0.2) is 0 Å². The van der Waals surface area contributed by atoms with Crippen LogP contribution in [0.3, 0.4) is 0 Å². The maximum Gasteiger partial charge on any atom is 0.225 e. The Morgan fingerprint density at radius 3 is 2.80 bits per heavy atom. The molecule has 0 saturated heterocycles. The molecule has 1 unspecified atom stereocenters. The van der Waals surface area contributed by atoms with E-state index in [1.165, 1.54) is 0 Å². The number of hydrogen-bond acceptors (Lipinski definition) is 3. The van der Waals surface area contributed by atoms with E-state index in [9.17, 15) is 4.79 Å². The Kier molecular flexibility index (Phi) is 4.21. The molecule has 1 amide bonds. The van der Waals surface area contributed by atoms with E-state index in [2.05, 4.69) is 5.32 Å². The Morgan fingerprint density at radius 2 is 2.15 bits per heavy atom. The fraction of sp³-hybridized carbons (Fsp3) is 0.562. The Labute approximate surface area is 120 Å². The van der Waals surface area contributed by atoms with Crippen LogP contribution >= 0.6 is 0 Å². The highest BCUT2D eigenvalue weighted by molar-refractivity contribution is 5.81. The highest BCUT2D eigenvalue weighted by Crippen LogP contribution is 2.34. The third-order valence-corrected chi connectivity index (χ3v) is 3.48. The molecule has 20 heavy (non-hydrogen) atoms. The van der Waals surface area contributed by atoms with Crippen molar-refractivity contribution in [2.75, 3.05) is 13.7 Å². The molecule has 0 saturated carbocycles. The van der Waals surface area contributed by atoms with Crippen LogP contribution < -0.4 is 14.8 Å². The zero-order valence-electron chi connectivity index (χ0n) is 12.7. The molecule has 1 aliphatic heterocycles. The van der Waals surface area contributed by atoms with Crippen LogP contribution in [0.15, 0.2) is 18.2 Å². The number of fused-ring (bicyclic) bond motifs is 1. The molecule has 0 spiro atoms. The molecule has 1 atom stereocenters. The summed E-state index contributed by atoms with van der Waals surface area (Å²) in [6.07, 6.45) is 1.81. The number of amides is 1. The van der Waals surface area contributed by atoms with Crippen molar-refractivity contribution in [3.05, 3.63) is 23.8 Å². The smallest absolute Gasteiger partial charge is 0.225 e. The van der Waals surface area contributed by atoms with Crippen LogP contribution in [-0.2, 0) is 4.79 Å². The summed E-state index contributed by atoms with van der Waals surface area (Å²) in [6, 6.07) is 5.78. The lowest BCUT2D eigenvalue weighted by Crippen LogP contribution is -2.37. The lowest BCUT2D eigenvalue weighted by molar-refractivity contribution is -0.129. The van der Waals surface area contributed by atoms with Crippen molar-refractivity contribution in [1.29, 1.82) is 0 Å². The molecule has 0 fully saturated rings. The van der Waals surface area contributed by atoms with Crippen molar-refractivity contribution in [1.82, 2.24) is 5.32 Å². The van der Waals surface area contributed by atoms with Gasteiger partial charge in [-0.2, -0.15) is 0 Å². The molecule has 4 nitrogen and oxygen atoms in total. The molecule has 1 heterocycles. The van der Waals surface area contributed by atoms with Gasteiger partial charge in [-0.15, -0.1) is 0 Å². The predicted octanol–water partition coefficient (Wildman–Crippen LogP) is 3.07. The molecule has 0 aliphatic carbocycles. The second-order valence-electron chi connectivity index (χ2n) is 6.17. The lowest BCUT2D eigenvalue weighted by atomic mass is 9.93. The van der Waals surface area contributed by atoms with Crippen molar-refractivity contribution < 1.29 is 14.3 Å². The van der Waals surface area contributed by atoms with Crippen LogP contribution in [0.25, 0.3) is 0 Å². The van der Waals surface area contributed by atoms with Gasteiger partial charge in [-0.1, -0.05) is 20.8 Å². The third-order valence-electron chi connectivity index (χ3n) is 3.48. The molecule has 0 radical (unpaired) electrons. The lowest BCUT2D eigenvalue weighted by Gasteiger charge is -2.24. The van der Waals surface area contributed by atoms with Gasteiger partial charge in [-0.25, -0.2) is 0 Å². The maximum atomic E-state index is 12.2. The van der Waals surface area contributed by atoms with Crippen LogP contribution in [-0.4, -0.2) is 19.6 Å². The van der Waals surface area contributed by atoms with E-state index in [1.807, 2.05) is 39.0 Å². The molecule has 4 heteroatoms. The van der Waals surface area contributed by atoms with Crippen LogP contribution in [0.4, 0.5) is 0 Å². The number of carbonyl (C=O) groups is 1. The SMILES string of the molecule is COc1ccc2c(c1)OCCCC2NC(=O)C(C)(C)C. The maximum absolute atomic E-state index is 12.2. The number of benzene rings is 1. The predicted molar refractivity (Wildman–Crippen MR) is 78.1 cm³/mol. The van der Waals surface area contributed by atoms with Gasteiger partial charge in [-0.05, 0) is 25.0 Å². The van der Waals surface area contributed by atoms with Gasteiger partial charge in [0.05, 0.1) is 19.8 Å². The minimum Gasteiger partial charge on any atom is -0.497 e. The summed E-state index contributed by atoms with van der Waals surface area (Å²) in [5, 5.41) is 3.13. The minimum atomic E-state index is -0.389. The first-order chi connectivity index (χ1) is 9.41. The molecule has 0 bridgehead atoms. The fourth-order valence-corrected chi connectivity index (χ4v) is 2.20. The molecular formula is C16H23NO3. The fourth-order valence-electron chi connectivity index (χ4n) is 2.20. The van der Waals surface area contributed by atoms with Crippen molar-refractivity contribution in [2.24, 2.45) is 5.41 Å². The Balaban J connectivity index is 2.25. The average Bonchev–Trinajstić information content (AvgIpc) is 2.59. The molecule has 1 aliphatic rings. The van der Waals surface area contributed by atoms with E-state index in [0.717, 1.165) is 29.9 Å². The van der Waals surface area contributed by atoms with Crippen molar-refractivity contribution in [3.63, 3.8) is 0 Å².